The SMILES string of the molecule is CC.N/N=C(\NN)c1cc(Cc2cc(C(=O)O)ccn2)cc2cc(Cl)cnc12. The van der Waals surface area contributed by atoms with Gasteiger partial charge in [0, 0.05) is 35.5 Å². The zero-order chi connectivity index (χ0) is 20.7. The Morgan fingerprint density at radius 2 is 2.00 bits per heavy atom. The molecule has 146 valence electrons. The Labute approximate surface area is 167 Å². The van der Waals surface area contributed by atoms with Crippen LogP contribution in [0.4, 0.5) is 0 Å². The van der Waals surface area contributed by atoms with Gasteiger partial charge in [-0.25, -0.2) is 10.6 Å². The molecule has 0 fully saturated rings. The summed E-state index contributed by atoms with van der Waals surface area (Å²) in [5.41, 5.74) is 5.32. The summed E-state index contributed by atoms with van der Waals surface area (Å²) in [6, 6.07) is 8.46. The van der Waals surface area contributed by atoms with Crippen LogP contribution in [0.5, 0.6) is 0 Å². The molecule has 0 spiro atoms. The van der Waals surface area contributed by atoms with Crippen molar-refractivity contribution in [2.24, 2.45) is 16.8 Å². The molecule has 0 bridgehead atoms. The second kappa shape index (κ2) is 9.63. The average Bonchev–Trinajstić information content (AvgIpc) is 2.70. The van der Waals surface area contributed by atoms with Crippen LogP contribution in [0.15, 0.2) is 47.8 Å². The van der Waals surface area contributed by atoms with E-state index in [4.69, 9.17) is 28.4 Å². The number of carbonyl (C=O) groups is 1. The van der Waals surface area contributed by atoms with Crippen molar-refractivity contribution < 1.29 is 9.90 Å². The fourth-order valence-corrected chi connectivity index (χ4v) is 2.84. The first kappa shape index (κ1) is 21.1. The monoisotopic (exact) mass is 400 g/mol. The summed E-state index contributed by atoms with van der Waals surface area (Å²) in [6.07, 6.45) is 3.39. The van der Waals surface area contributed by atoms with E-state index in [1.165, 1.54) is 24.5 Å². The Balaban J connectivity index is 0.00000136. The third-order valence-electron chi connectivity index (χ3n) is 3.78. The summed E-state index contributed by atoms with van der Waals surface area (Å²) < 4.78 is 0. The molecule has 28 heavy (non-hydrogen) atoms. The molecule has 6 N–H and O–H groups in total. The van der Waals surface area contributed by atoms with Crippen molar-refractivity contribution in [2.45, 2.75) is 20.3 Å². The van der Waals surface area contributed by atoms with Gasteiger partial charge in [-0.05, 0) is 35.9 Å². The molecule has 0 amide bonds. The van der Waals surface area contributed by atoms with E-state index in [0.29, 0.717) is 28.2 Å². The van der Waals surface area contributed by atoms with E-state index in [9.17, 15) is 4.79 Å². The van der Waals surface area contributed by atoms with E-state index >= 15 is 0 Å². The standard InChI is InChI=1S/C17H15ClN6O2.C2H6/c18-12-6-11-3-9(4-13-7-10(17(25)26)1-2-21-13)5-14(15(11)22-8-12)16(23-19)24-20;1-2/h1-3,5-8H,4,19-20H2,(H,23,24)(H,25,26);1-2H3. The molecule has 0 aliphatic heterocycles. The van der Waals surface area contributed by atoms with Gasteiger partial charge in [0.05, 0.1) is 16.1 Å². The Kier molecular flexibility index (Phi) is 7.25. The third kappa shape index (κ3) is 4.73. The minimum Gasteiger partial charge on any atom is -0.478 e. The van der Waals surface area contributed by atoms with E-state index in [-0.39, 0.29) is 11.4 Å². The first-order chi connectivity index (χ1) is 13.5. The highest BCUT2D eigenvalue weighted by Gasteiger charge is 2.13. The molecule has 0 radical (unpaired) electrons. The van der Waals surface area contributed by atoms with Crippen LogP contribution < -0.4 is 17.1 Å². The van der Waals surface area contributed by atoms with E-state index in [0.717, 1.165) is 10.9 Å². The number of carboxylic acid groups (broad SMARTS) is 1. The fraction of sp³-hybridized carbons (Fsp3) is 0.158. The zero-order valence-electron chi connectivity index (χ0n) is 15.5. The lowest BCUT2D eigenvalue weighted by Crippen LogP contribution is -2.32. The highest BCUT2D eigenvalue weighted by molar-refractivity contribution is 6.31. The van der Waals surface area contributed by atoms with Crippen molar-refractivity contribution in [1.29, 1.82) is 0 Å². The fourth-order valence-electron chi connectivity index (χ4n) is 2.67. The van der Waals surface area contributed by atoms with Gasteiger partial charge in [0.1, 0.15) is 0 Å². The largest absolute Gasteiger partial charge is 0.478 e. The number of nitrogens with one attached hydrogen (secondary N) is 1. The number of halogens is 1. The number of benzene rings is 1. The summed E-state index contributed by atoms with van der Waals surface area (Å²) in [5.74, 6) is 10.2. The number of hydrogen-bond acceptors (Lipinski definition) is 6. The predicted molar refractivity (Wildman–Crippen MR) is 110 cm³/mol. The maximum Gasteiger partial charge on any atom is 0.335 e. The summed E-state index contributed by atoms with van der Waals surface area (Å²) in [6.45, 7) is 4.00. The molecule has 0 saturated carbocycles. The van der Waals surface area contributed by atoms with Gasteiger partial charge in [0.2, 0.25) is 0 Å². The highest BCUT2D eigenvalue weighted by Crippen LogP contribution is 2.24. The molecule has 2 aromatic heterocycles. The molecule has 9 heteroatoms. The first-order valence-electron chi connectivity index (χ1n) is 8.53. The van der Waals surface area contributed by atoms with Gasteiger partial charge >= 0.3 is 5.97 Å². The second-order valence-electron chi connectivity index (χ2n) is 5.51. The number of carboxylic acids is 1. The van der Waals surface area contributed by atoms with Crippen molar-refractivity contribution in [3.05, 3.63) is 70.1 Å². The second-order valence-corrected chi connectivity index (χ2v) is 5.94. The van der Waals surface area contributed by atoms with E-state index < -0.39 is 5.97 Å². The quantitative estimate of drug-likeness (QED) is 0.228. The maximum absolute atomic E-state index is 11.1. The molecule has 3 rings (SSSR count). The van der Waals surface area contributed by atoms with Crippen LogP contribution in [-0.2, 0) is 6.42 Å². The van der Waals surface area contributed by atoms with Gasteiger partial charge in [-0.1, -0.05) is 25.4 Å². The Morgan fingerprint density at radius 3 is 2.64 bits per heavy atom. The molecule has 0 aliphatic rings. The first-order valence-corrected chi connectivity index (χ1v) is 8.91. The average molecular weight is 401 g/mol. The number of hydrogen-bond donors (Lipinski definition) is 4. The number of fused-ring (bicyclic) bond motifs is 1. The van der Waals surface area contributed by atoms with Crippen LogP contribution in [-0.4, -0.2) is 26.9 Å². The van der Waals surface area contributed by atoms with Crippen LogP contribution in [0.25, 0.3) is 10.9 Å². The number of amidine groups is 1. The third-order valence-corrected chi connectivity index (χ3v) is 3.99. The molecule has 0 atom stereocenters. The van der Waals surface area contributed by atoms with Crippen LogP contribution in [0.1, 0.15) is 41.0 Å². The van der Waals surface area contributed by atoms with Crippen LogP contribution >= 0.6 is 11.6 Å². The number of rotatable bonds is 4. The van der Waals surface area contributed by atoms with Crippen molar-refractivity contribution in [3.8, 4) is 0 Å². The molecule has 0 saturated heterocycles. The number of aromatic nitrogens is 2. The molecule has 0 aliphatic carbocycles. The lowest BCUT2D eigenvalue weighted by Gasteiger charge is -2.11. The summed E-state index contributed by atoms with van der Waals surface area (Å²) >= 11 is 6.05. The van der Waals surface area contributed by atoms with Crippen LogP contribution in [0.2, 0.25) is 5.02 Å². The number of hydrazone groups is 1. The van der Waals surface area contributed by atoms with Gasteiger partial charge in [-0.3, -0.25) is 9.97 Å². The van der Waals surface area contributed by atoms with Crippen molar-refractivity contribution in [2.75, 3.05) is 0 Å². The maximum atomic E-state index is 11.1. The minimum atomic E-state index is -1.01. The van der Waals surface area contributed by atoms with Gasteiger partial charge in [-0.15, -0.1) is 0 Å². The highest BCUT2D eigenvalue weighted by atomic mass is 35.5. The number of nitrogens with zero attached hydrogens (tertiary/aromatic N) is 3. The van der Waals surface area contributed by atoms with Gasteiger partial charge in [0.15, 0.2) is 5.84 Å². The van der Waals surface area contributed by atoms with E-state index in [1.54, 1.807) is 6.07 Å². The van der Waals surface area contributed by atoms with Crippen LogP contribution in [0.3, 0.4) is 0 Å². The van der Waals surface area contributed by atoms with Gasteiger partial charge in [-0.2, -0.15) is 5.10 Å². The molecule has 3 aromatic rings. The lowest BCUT2D eigenvalue weighted by atomic mass is 10.0. The van der Waals surface area contributed by atoms with Gasteiger partial charge < -0.3 is 16.4 Å². The number of pyridine rings is 2. The molecule has 8 nitrogen and oxygen atoms in total. The Bertz CT molecular complexity index is 1020. The van der Waals surface area contributed by atoms with Crippen LogP contribution in [0, 0.1) is 0 Å². The topological polar surface area (TPSA) is 140 Å². The predicted octanol–water partition coefficient (Wildman–Crippen LogP) is 2.68. The summed E-state index contributed by atoms with van der Waals surface area (Å²) in [5, 5.41) is 14.0. The Morgan fingerprint density at radius 1 is 1.25 bits per heavy atom. The zero-order valence-corrected chi connectivity index (χ0v) is 16.2. The number of aromatic carboxylic acids is 1. The molecular weight excluding hydrogens is 380 g/mol. The van der Waals surface area contributed by atoms with Gasteiger partial charge in [0.25, 0.3) is 0 Å². The molecule has 1 aromatic carbocycles. The molecular formula is C19H21ClN6O2. The van der Waals surface area contributed by atoms with Crippen molar-refractivity contribution >= 4 is 34.3 Å². The number of hydrazine groups is 1. The minimum absolute atomic E-state index is 0.175. The summed E-state index contributed by atoms with van der Waals surface area (Å²) in [7, 11) is 0. The number of nitrogens with two attached hydrogens (primary N) is 2. The van der Waals surface area contributed by atoms with Crippen molar-refractivity contribution in [1.82, 2.24) is 15.4 Å². The normalized spacial score (nSPS) is 10.9. The molecule has 0 unspecified atom stereocenters. The van der Waals surface area contributed by atoms with E-state index in [2.05, 4.69) is 20.5 Å². The summed E-state index contributed by atoms with van der Waals surface area (Å²) in [4.78, 5) is 19.7. The Hall–Kier alpha value is -3.23. The molecule has 2 heterocycles. The smallest absolute Gasteiger partial charge is 0.335 e. The lowest BCUT2D eigenvalue weighted by molar-refractivity contribution is 0.0696. The van der Waals surface area contributed by atoms with E-state index in [1.807, 2.05) is 26.0 Å². The van der Waals surface area contributed by atoms with Crippen molar-refractivity contribution in [3.63, 3.8) is 0 Å².